The number of carbonyl (C=O) groups is 1. The number of hydrogen-bond acceptors (Lipinski definition) is 5. The summed E-state index contributed by atoms with van der Waals surface area (Å²) in [6, 6.07) is 12.1. The molecule has 2 aromatic carbocycles. The molecule has 1 atom stereocenters. The maximum atomic E-state index is 13.2. The average Bonchev–Trinajstić information content (AvgIpc) is 2.66. The Morgan fingerprint density at radius 2 is 1.78 bits per heavy atom. The van der Waals surface area contributed by atoms with Crippen molar-refractivity contribution in [3.05, 3.63) is 63.6 Å². The predicted octanol–water partition coefficient (Wildman–Crippen LogP) is 5.21. The van der Waals surface area contributed by atoms with Crippen molar-refractivity contribution < 1.29 is 14.4 Å². The highest BCUT2D eigenvalue weighted by Crippen LogP contribution is 2.32. The zero-order chi connectivity index (χ0) is 20.0. The van der Waals surface area contributed by atoms with Crippen LogP contribution in [-0.2, 0) is 9.63 Å². The number of ether oxygens (including phenoxy) is 1. The topological polar surface area (TPSA) is 62.6 Å². The summed E-state index contributed by atoms with van der Waals surface area (Å²) in [6.07, 6.45) is 1.82. The monoisotopic (exact) mass is 426 g/mol. The van der Waals surface area contributed by atoms with Crippen molar-refractivity contribution in [2.24, 2.45) is 0 Å². The van der Waals surface area contributed by atoms with Gasteiger partial charge in [0.05, 0.1) is 29.3 Å². The standard InChI is InChI=1S/C19H20Cl2N2O3S/c1-4-26-23(18(22)16-14(20)6-5-7-15(16)21)19(24)17(27-3)12-8-10-13(25-2)11-9-12/h5-11,17,22H,4H2,1-3H3. The molecule has 0 radical (unpaired) electrons. The van der Waals surface area contributed by atoms with E-state index in [1.54, 1.807) is 44.4 Å². The number of thioether (sulfide) groups is 1. The maximum Gasteiger partial charge on any atom is 0.269 e. The normalized spacial score (nSPS) is 11.7. The molecular weight excluding hydrogens is 407 g/mol. The minimum Gasteiger partial charge on any atom is -0.497 e. The molecule has 1 unspecified atom stereocenters. The van der Waals surface area contributed by atoms with Gasteiger partial charge >= 0.3 is 0 Å². The lowest BCUT2D eigenvalue weighted by atomic mass is 10.1. The smallest absolute Gasteiger partial charge is 0.269 e. The van der Waals surface area contributed by atoms with E-state index in [1.807, 2.05) is 18.4 Å². The first-order chi connectivity index (χ1) is 12.9. The Kier molecular flexibility index (Phi) is 7.98. The number of amides is 1. The Hall–Kier alpha value is -1.73. The SMILES string of the molecule is CCON(C(=N)c1c(Cl)cccc1Cl)C(=O)C(SC)c1ccc(OC)cc1. The van der Waals surface area contributed by atoms with Crippen LogP contribution in [0, 0.1) is 5.41 Å². The minimum absolute atomic E-state index is 0.204. The van der Waals surface area contributed by atoms with Gasteiger partial charge in [0, 0.05) is 0 Å². The number of carbonyl (C=O) groups excluding carboxylic acids is 1. The fourth-order valence-corrected chi connectivity index (χ4v) is 3.76. The summed E-state index contributed by atoms with van der Waals surface area (Å²) in [5.74, 6) is 0.101. The second kappa shape index (κ2) is 9.99. The van der Waals surface area contributed by atoms with E-state index in [4.69, 9.17) is 38.2 Å². The minimum atomic E-state index is -0.566. The molecule has 0 saturated carbocycles. The first kappa shape index (κ1) is 21.6. The molecule has 0 bridgehead atoms. The van der Waals surface area contributed by atoms with E-state index in [9.17, 15) is 4.79 Å². The zero-order valence-corrected chi connectivity index (χ0v) is 17.5. The van der Waals surface area contributed by atoms with Crippen LogP contribution in [0.3, 0.4) is 0 Å². The van der Waals surface area contributed by atoms with E-state index in [0.717, 1.165) is 10.6 Å². The summed E-state index contributed by atoms with van der Waals surface area (Å²) in [5.41, 5.74) is 1.02. The third kappa shape index (κ3) is 4.96. The van der Waals surface area contributed by atoms with Crippen molar-refractivity contribution in [1.82, 2.24) is 5.06 Å². The van der Waals surface area contributed by atoms with Crippen molar-refractivity contribution in [2.45, 2.75) is 12.2 Å². The Morgan fingerprint density at radius 1 is 1.19 bits per heavy atom. The molecule has 0 heterocycles. The summed E-state index contributed by atoms with van der Waals surface area (Å²) in [5, 5.41) is 9.42. The van der Waals surface area contributed by atoms with Crippen LogP contribution in [-0.4, -0.2) is 36.8 Å². The van der Waals surface area contributed by atoms with Crippen LogP contribution in [0.2, 0.25) is 10.0 Å². The van der Waals surface area contributed by atoms with Crippen LogP contribution in [0.25, 0.3) is 0 Å². The van der Waals surface area contributed by atoms with E-state index < -0.39 is 11.2 Å². The number of nitrogens with zero attached hydrogens (tertiary/aromatic N) is 1. The number of hydroxylamine groups is 2. The molecule has 1 amide bonds. The lowest BCUT2D eigenvalue weighted by Gasteiger charge is -2.26. The molecule has 5 nitrogen and oxygen atoms in total. The summed E-state index contributed by atoms with van der Waals surface area (Å²) in [4.78, 5) is 18.7. The van der Waals surface area contributed by atoms with E-state index in [-0.39, 0.29) is 28.1 Å². The largest absolute Gasteiger partial charge is 0.497 e. The molecule has 0 aliphatic carbocycles. The van der Waals surface area contributed by atoms with E-state index in [2.05, 4.69) is 0 Å². The predicted molar refractivity (Wildman–Crippen MR) is 111 cm³/mol. The number of benzene rings is 2. The van der Waals surface area contributed by atoms with Gasteiger partial charge in [-0.2, -0.15) is 5.06 Å². The number of amidine groups is 1. The second-order valence-electron chi connectivity index (χ2n) is 5.38. The molecule has 0 aliphatic heterocycles. The highest BCUT2D eigenvalue weighted by Gasteiger charge is 2.31. The van der Waals surface area contributed by atoms with Gasteiger partial charge in [-0.05, 0) is 43.0 Å². The molecule has 144 valence electrons. The van der Waals surface area contributed by atoms with Gasteiger partial charge in [-0.15, -0.1) is 11.8 Å². The Balaban J connectivity index is 2.38. The van der Waals surface area contributed by atoms with Crippen LogP contribution >= 0.6 is 35.0 Å². The van der Waals surface area contributed by atoms with Crippen molar-refractivity contribution in [1.29, 1.82) is 5.41 Å². The quantitative estimate of drug-likeness (QED) is 0.374. The van der Waals surface area contributed by atoms with Crippen LogP contribution < -0.4 is 4.74 Å². The molecular formula is C19H20Cl2N2O3S. The van der Waals surface area contributed by atoms with Crippen LogP contribution in [0.5, 0.6) is 5.75 Å². The molecule has 2 aromatic rings. The zero-order valence-electron chi connectivity index (χ0n) is 15.2. The average molecular weight is 427 g/mol. The summed E-state index contributed by atoms with van der Waals surface area (Å²) in [7, 11) is 1.58. The third-order valence-electron chi connectivity index (χ3n) is 3.74. The van der Waals surface area contributed by atoms with Crippen molar-refractivity contribution in [2.75, 3.05) is 20.0 Å². The van der Waals surface area contributed by atoms with Crippen LogP contribution in [0.1, 0.15) is 23.3 Å². The summed E-state index contributed by atoms with van der Waals surface area (Å²) < 4.78 is 5.16. The molecule has 1 N–H and O–H groups in total. The fourth-order valence-electron chi connectivity index (χ4n) is 2.46. The van der Waals surface area contributed by atoms with Gasteiger partial charge in [0.25, 0.3) is 5.91 Å². The number of methoxy groups -OCH3 is 1. The molecule has 27 heavy (non-hydrogen) atoms. The number of nitrogens with one attached hydrogen (secondary N) is 1. The van der Waals surface area contributed by atoms with Crippen LogP contribution in [0.4, 0.5) is 0 Å². The Bertz CT molecular complexity index is 795. The van der Waals surface area contributed by atoms with Crippen molar-refractivity contribution in [3.63, 3.8) is 0 Å². The molecule has 0 fully saturated rings. The second-order valence-corrected chi connectivity index (χ2v) is 7.14. The first-order valence-corrected chi connectivity index (χ1v) is 10.2. The lowest BCUT2D eigenvalue weighted by Crippen LogP contribution is -2.39. The lowest BCUT2D eigenvalue weighted by molar-refractivity contribution is -0.161. The van der Waals surface area contributed by atoms with Gasteiger partial charge in [-0.25, -0.2) is 0 Å². The summed E-state index contributed by atoms with van der Waals surface area (Å²) >= 11 is 13.7. The molecule has 0 spiro atoms. The highest BCUT2D eigenvalue weighted by atomic mass is 35.5. The highest BCUT2D eigenvalue weighted by molar-refractivity contribution is 7.99. The van der Waals surface area contributed by atoms with E-state index in [1.165, 1.54) is 11.8 Å². The van der Waals surface area contributed by atoms with Gasteiger partial charge in [-0.1, -0.05) is 41.4 Å². The van der Waals surface area contributed by atoms with E-state index in [0.29, 0.717) is 5.75 Å². The van der Waals surface area contributed by atoms with Gasteiger partial charge in [0.1, 0.15) is 11.0 Å². The molecule has 0 saturated heterocycles. The van der Waals surface area contributed by atoms with Crippen molar-refractivity contribution in [3.8, 4) is 5.75 Å². The molecule has 2 rings (SSSR count). The van der Waals surface area contributed by atoms with Gasteiger partial charge in [0.2, 0.25) is 0 Å². The maximum absolute atomic E-state index is 13.2. The van der Waals surface area contributed by atoms with E-state index >= 15 is 0 Å². The third-order valence-corrected chi connectivity index (χ3v) is 5.31. The Morgan fingerprint density at radius 3 is 2.26 bits per heavy atom. The van der Waals surface area contributed by atoms with Crippen LogP contribution in [0.15, 0.2) is 42.5 Å². The fraction of sp³-hybridized carbons (Fsp3) is 0.263. The van der Waals surface area contributed by atoms with Crippen molar-refractivity contribution >= 4 is 46.7 Å². The van der Waals surface area contributed by atoms with Gasteiger partial charge in [0.15, 0.2) is 5.84 Å². The van der Waals surface area contributed by atoms with Gasteiger partial charge in [-0.3, -0.25) is 15.0 Å². The number of rotatable bonds is 7. The number of halogens is 2. The molecule has 8 heteroatoms. The number of hydrogen-bond donors (Lipinski definition) is 1. The first-order valence-electron chi connectivity index (χ1n) is 8.11. The Labute approximate surface area is 173 Å². The molecule has 0 aromatic heterocycles. The van der Waals surface area contributed by atoms with Gasteiger partial charge < -0.3 is 4.74 Å². The summed E-state index contributed by atoms with van der Waals surface area (Å²) in [6.45, 7) is 1.95. The molecule has 0 aliphatic rings.